The Hall–Kier alpha value is -4.02. The van der Waals surface area contributed by atoms with Gasteiger partial charge in [0.25, 0.3) is 0 Å². The Morgan fingerprint density at radius 3 is 2.73 bits per heavy atom. The molecule has 280 valence electrons. The molecule has 0 aliphatic carbocycles. The normalized spacial score (nSPS) is 18.1. The highest BCUT2D eigenvalue weighted by atomic mass is 35.5. The van der Waals surface area contributed by atoms with Crippen molar-refractivity contribution in [2.45, 2.75) is 49.9 Å². The van der Waals surface area contributed by atoms with Gasteiger partial charge in [-0.05, 0) is 55.8 Å². The third-order valence-electron chi connectivity index (χ3n) is 8.74. The number of urea groups is 1. The van der Waals surface area contributed by atoms with E-state index in [2.05, 4.69) is 41.5 Å². The zero-order valence-electron chi connectivity index (χ0n) is 29.2. The SMILES string of the molecule is CCN(C/C=C/C(=O)Nc1ccc2ncnc(Nc3ccc(F)c(Cl)c3)c2c1)CCOCCOCCNC(=O)CCCCC1SCC2NC(=O)NC21. The summed E-state index contributed by atoms with van der Waals surface area (Å²) in [4.78, 5) is 47.0. The van der Waals surface area contributed by atoms with Crippen molar-refractivity contribution in [2.24, 2.45) is 0 Å². The number of nitrogens with zero attached hydrogens (tertiary/aromatic N) is 3. The Kier molecular flexibility index (Phi) is 15.3. The molecule has 16 heteroatoms. The molecule has 5 N–H and O–H groups in total. The Labute approximate surface area is 312 Å². The minimum absolute atomic E-state index is 0.00541. The number of carbonyl (C=O) groups excluding carboxylic acids is 3. The van der Waals surface area contributed by atoms with Gasteiger partial charge in [0.2, 0.25) is 11.8 Å². The van der Waals surface area contributed by atoms with Crippen molar-refractivity contribution in [3.8, 4) is 0 Å². The van der Waals surface area contributed by atoms with E-state index in [4.69, 9.17) is 21.1 Å². The molecule has 1 aromatic heterocycles. The Bertz CT molecular complexity index is 1700. The maximum Gasteiger partial charge on any atom is 0.315 e. The minimum Gasteiger partial charge on any atom is -0.378 e. The summed E-state index contributed by atoms with van der Waals surface area (Å²) in [7, 11) is 0. The zero-order chi connectivity index (χ0) is 36.7. The largest absolute Gasteiger partial charge is 0.378 e. The van der Waals surface area contributed by atoms with Crippen molar-refractivity contribution < 1.29 is 28.2 Å². The molecular weight excluding hydrogens is 711 g/mol. The van der Waals surface area contributed by atoms with Crippen LogP contribution in [-0.4, -0.2) is 108 Å². The molecule has 0 bridgehead atoms. The molecule has 3 atom stereocenters. The van der Waals surface area contributed by atoms with Crippen LogP contribution in [0.3, 0.4) is 0 Å². The van der Waals surface area contributed by atoms with E-state index in [0.29, 0.717) is 85.8 Å². The number of anilines is 3. The quantitative estimate of drug-likeness (QED) is 0.0578. The summed E-state index contributed by atoms with van der Waals surface area (Å²) in [6.45, 7) is 6.42. The topological polar surface area (TPSA) is 159 Å². The van der Waals surface area contributed by atoms with Gasteiger partial charge in [-0.3, -0.25) is 14.5 Å². The summed E-state index contributed by atoms with van der Waals surface area (Å²) < 4.78 is 24.9. The number of ether oxygens (including phenoxy) is 2. The first-order chi connectivity index (χ1) is 25.3. The first kappa shape index (κ1) is 39.2. The molecule has 2 aliphatic rings. The van der Waals surface area contributed by atoms with Gasteiger partial charge in [-0.25, -0.2) is 19.2 Å². The molecule has 5 rings (SSSR count). The average molecular weight is 757 g/mol. The van der Waals surface area contributed by atoms with E-state index in [9.17, 15) is 18.8 Å². The lowest BCUT2D eigenvalue weighted by Gasteiger charge is -2.18. The molecule has 2 saturated heterocycles. The van der Waals surface area contributed by atoms with Crippen LogP contribution in [0.5, 0.6) is 0 Å². The van der Waals surface area contributed by atoms with Gasteiger partial charge in [-0.1, -0.05) is 31.0 Å². The maximum atomic E-state index is 13.6. The Morgan fingerprint density at radius 1 is 1.08 bits per heavy atom. The Morgan fingerprint density at radius 2 is 1.90 bits per heavy atom. The van der Waals surface area contributed by atoms with E-state index in [-0.39, 0.29) is 35.0 Å². The number of unbranched alkanes of at least 4 members (excludes halogenated alkanes) is 1. The van der Waals surface area contributed by atoms with Crippen molar-refractivity contribution in [2.75, 3.05) is 69.0 Å². The predicted molar refractivity (Wildman–Crippen MR) is 203 cm³/mol. The van der Waals surface area contributed by atoms with Crippen LogP contribution in [0.1, 0.15) is 32.6 Å². The molecule has 0 spiro atoms. The van der Waals surface area contributed by atoms with Crippen molar-refractivity contribution in [1.29, 1.82) is 0 Å². The number of halogens is 2. The van der Waals surface area contributed by atoms with Gasteiger partial charge in [-0.2, -0.15) is 11.8 Å². The van der Waals surface area contributed by atoms with Crippen molar-refractivity contribution in [3.63, 3.8) is 0 Å². The molecule has 52 heavy (non-hydrogen) atoms. The second-order valence-electron chi connectivity index (χ2n) is 12.4. The van der Waals surface area contributed by atoms with Crippen LogP contribution in [0, 0.1) is 5.82 Å². The molecule has 3 heterocycles. The van der Waals surface area contributed by atoms with Crippen LogP contribution in [-0.2, 0) is 19.1 Å². The standard InChI is InChI=1S/C36H46ClFN8O5S/c1-2-46(15-17-51-19-18-50-16-13-39-32(47)7-4-3-6-31-34-30(22-52-31)44-36(49)45-34)14-5-8-33(48)42-24-10-12-29-26(20-24)35(41-23-40-29)43-25-9-11-28(38)27(37)21-25/h5,8-12,20-21,23,30-31,34H,2-4,6-7,13-19,22H2,1H3,(H,39,47)(H,42,48)(H,40,41,43)(H2,44,45,49)/b8-5+. The second kappa shape index (κ2) is 20.3. The van der Waals surface area contributed by atoms with Gasteiger partial charge in [0.15, 0.2) is 0 Å². The van der Waals surface area contributed by atoms with Crippen LogP contribution in [0.25, 0.3) is 10.9 Å². The lowest BCUT2D eigenvalue weighted by molar-refractivity contribution is -0.121. The highest BCUT2D eigenvalue weighted by Crippen LogP contribution is 2.33. The highest BCUT2D eigenvalue weighted by Gasteiger charge is 2.42. The molecular formula is C36H46ClFN8O5S. The average Bonchev–Trinajstić information content (AvgIpc) is 3.69. The van der Waals surface area contributed by atoms with E-state index in [1.165, 1.54) is 24.5 Å². The van der Waals surface area contributed by atoms with Gasteiger partial charge in [0.05, 0.1) is 49.1 Å². The number of thioether (sulfide) groups is 1. The van der Waals surface area contributed by atoms with Gasteiger partial charge in [0.1, 0.15) is 18.0 Å². The van der Waals surface area contributed by atoms with Gasteiger partial charge in [0, 0.05) is 59.9 Å². The van der Waals surface area contributed by atoms with Crippen molar-refractivity contribution in [1.82, 2.24) is 30.8 Å². The summed E-state index contributed by atoms with van der Waals surface area (Å²) in [5.74, 6) is 0.685. The number of benzene rings is 2. The van der Waals surface area contributed by atoms with E-state index in [1.54, 1.807) is 24.3 Å². The summed E-state index contributed by atoms with van der Waals surface area (Å²) in [6, 6.07) is 10.00. The minimum atomic E-state index is -0.512. The van der Waals surface area contributed by atoms with Crippen LogP contribution in [0.2, 0.25) is 5.02 Å². The number of fused-ring (bicyclic) bond motifs is 2. The summed E-state index contributed by atoms with van der Waals surface area (Å²) in [5, 5.41) is 16.0. The van der Waals surface area contributed by atoms with Crippen LogP contribution < -0.4 is 26.6 Å². The number of nitrogens with one attached hydrogen (secondary N) is 5. The lowest BCUT2D eigenvalue weighted by atomic mass is 10.0. The molecule has 0 saturated carbocycles. The molecule has 3 aromatic rings. The number of carbonyl (C=O) groups is 3. The zero-order valence-corrected chi connectivity index (χ0v) is 30.7. The number of likely N-dealkylation sites (N-methyl/N-ethyl adjacent to an activating group) is 1. The molecule has 13 nitrogen and oxygen atoms in total. The number of aromatic nitrogens is 2. The monoisotopic (exact) mass is 756 g/mol. The summed E-state index contributed by atoms with van der Waals surface area (Å²) in [6.07, 6.45) is 8.01. The third-order valence-corrected chi connectivity index (χ3v) is 10.5. The number of rotatable bonds is 21. The van der Waals surface area contributed by atoms with Crippen LogP contribution >= 0.6 is 23.4 Å². The molecule has 0 radical (unpaired) electrons. The summed E-state index contributed by atoms with van der Waals surface area (Å²) >= 11 is 7.81. The van der Waals surface area contributed by atoms with E-state index < -0.39 is 5.82 Å². The van der Waals surface area contributed by atoms with Crippen LogP contribution in [0.15, 0.2) is 54.9 Å². The number of amides is 4. The highest BCUT2D eigenvalue weighted by molar-refractivity contribution is 8.00. The molecule has 3 unspecified atom stereocenters. The fourth-order valence-electron chi connectivity index (χ4n) is 5.96. The van der Waals surface area contributed by atoms with Gasteiger partial charge < -0.3 is 36.1 Å². The van der Waals surface area contributed by atoms with Gasteiger partial charge >= 0.3 is 6.03 Å². The van der Waals surface area contributed by atoms with Crippen molar-refractivity contribution in [3.05, 3.63) is 65.7 Å². The Balaban J connectivity index is 0.896. The molecule has 2 aliphatic heterocycles. The lowest BCUT2D eigenvalue weighted by Crippen LogP contribution is -2.36. The van der Waals surface area contributed by atoms with Gasteiger partial charge in [-0.15, -0.1) is 0 Å². The first-order valence-corrected chi connectivity index (χ1v) is 19.0. The van der Waals surface area contributed by atoms with E-state index >= 15 is 0 Å². The second-order valence-corrected chi connectivity index (χ2v) is 14.1. The van der Waals surface area contributed by atoms with E-state index in [0.717, 1.165) is 31.6 Å². The third kappa shape index (κ3) is 12.0. The summed E-state index contributed by atoms with van der Waals surface area (Å²) in [5.41, 5.74) is 1.81. The fraction of sp³-hybridized carbons (Fsp3) is 0.472. The molecule has 4 amide bonds. The van der Waals surface area contributed by atoms with E-state index in [1.807, 2.05) is 24.8 Å². The van der Waals surface area contributed by atoms with Crippen LogP contribution in [0.4, 0.5) is 26.4 Å². The smallest absolute Gasteiger partial charge is 0.315 e. The fourth-order valence-corrected chi connectivity index (χ4v) is 7.68. The number of hydrogen-bond acceptors (Lipinski definition) is 10. The first-order valence-electron chi connectivity index (χ1n) is 17.6. The predicted octanol–water partition coefficient (Wildman–Crippen LogP) is 4.86. The maximum absolute atomic E-state index is 13.6. The number of hydrogen-bond donors (Lipinski definition) is 5. The van der Waals surface area contributed by atoms with Crippen molar-refractivity contribution >= 4 is 69.3 Å². The molecule has 2 aromatic carbocycles. The molecule has 2 fully saturated rings.